The Labute approximate surface area is 97.1 Å². The molecule has 1 aliphatic heterocycles. The molecule has 0 radical (unpaired) electrons. The van der Waals surface area contributed by atoms with Gasteiger partial charge in [0.05, 0.1) is 5.69 Å². The highest BCUT2D eigenvalue weighted by atomic mass is 16.3. The number of aromatic nitrogens is 4. The van der Waals surface area contributed by atoms with Gasteiger partial charge in [0, 0.05) is 21.3 Å². The molecule has 6 heteroatoms. The number of aryl methyl sites for hydroxylation is 1. The summed E-state index contributed by atoms with van der Waals surface area (Å²) in [6, 6.07) is 5.77. The van der Waals surface area contributed by atoms with Crippen LogP contribution < -0.4 is 0 Å². The molecule has 0 bridgehead atoms. The molecule has 6 nitrogen and oxygen atoms in total. The van der Waals surface area contributed by atoms with Crippen LogP contribution in [0.2, 0.25) is 0 Å². The lowest BCUT2D eigenvalue weighted by Crippen LogP contribution is -2.08. The van der Waals surface area contributed by atoms with E-state index >= 15 is 0 Å². The van der Waals surface area contributed by atoms with E-state index in [-0.39, 0.29) is 0 Å². The van der Waals surface area contributed by atoms with Crippen LogP contribution in [0.1, 0.15) is 17.0 Å². The summed E-state index contributed by atoms with van der Waals surface area (Å²) >= 11 is 0. The number of nitrogens with zero attached hydrogens (tertiary/aromatic N) is 5. The smallest absolute Gasteiger partial charge is 0.132 e. The van der Waals surface area contributed by atoms with Crippen molar-refractivity contribution in [2.45, 2.75) is 13.5 Å². The number of hydrogen-bond acceptors (Lipinski definition) is 4. The van der Waals surface area contributed by atoms with Gasteiger partial charge in [0.2, 0.25) is 12.7 Å². The lowest BCUT2D eigenvalue weighted by Gasteiger charge is -2.06. The topological polar surface area (TPSA) is 63.7 Å². The zero-order chi connectivity index (χ0) is 11.8. The summed E-state index contributed by atoms with van der Waals surface area (Å²) in [5, 5.41) is 11.9. The summed E-state index contributed by atoms with van der Waals surface area (Å²) in [4.78, 5) is 12.7. The van der Waals surface area contributed by atoms with Crippen molar-refractivity contribution in [3.63, 3.8) is 0 Å². The molecular formula is C11H10N5O+. The first kappa shape index (κ1) is 9.83. The van der Waals surface area contributed by atoms with E-state index < -0.39 is 0 Å². The Morgan fingerprint density at radius 3 is 3.06 bits per heavy atom. The van der Waals surface area contributed by atoms with E-state index in [4.69, 9.17) is 0 Å². The maximum Gasteiger partial charge on any atom is 0.224 e. The quantitative estimate of drug-likeness (QED) is 0.689. The minimum absolute atomic E-state index is 0.355. The molecule has 0 saturated heterocycles. The Bertz CT molecular complexity index is 629. The van der Waals surface area contributed by atoms with Crippen molar-refractivity contribution in [3.8, 4) is 5.69 Å². The molecule has 1 aliphatic rings. The van der Waals surface area contributed by atoms with Crippen molar-refractivity contribution in [2.24, 2.45) is 0 Å². The monoisotopic (exact) mass is 228 g/mol. The second-order valence-corrected chi connectivity index (χ2v) is 3.90. The lowest BCUT2D eigenvalue weighted by atomic mass is 10.0. The molecule has 1 aromatic heterocycles. The molecule has 2 heterocycles. The largest absolute Gasteiger partial charge is 0.224 e. The molecule has 0 unspecified atom stereocenters. The summed E-state index contributed by atoms with van der Waals surface area (Å²) in [5.74, 6) is 0.619. The summed E-state index contributed by atoms with van der Waals surface area (Å²) in [6.07, 6.45) is 3.33. The van der Waals surface area contributed by atoms with E-state index in [0.717, 1.165) is 21.6 Å². The highest BCUT2D eigenvalue weighted by Gasteiger charge is 2.16. The lowest BCUT2D eigenvalue weighted by molar-refractivity contribution is -0.496. The zero-order valence-electron chi connectivity index (χ0n) is 9.24. The Morgan fingerprint density at radius 1 is 1.41 bits per heavy atom. The minimum atomic E-state index is 0.355. The molecule has 1 aromatic carbocycles. The number of rotatable bonds is 1. The van der Waals surface area contributed by atoms with Crippen LogP contribution in [0.4, 0.5) is 0 Å². The first-order chi connectivity index (χ1) is 8.22. The third-order valence-corrected chi connectivity index (χ3v) is 2.62. The first-order valence-corrected chi connectivity index (χ1v) is 5.24. The standard InChI is InChI=1S/C11H10N5O/c1-8-12-14-16(13-8)11-3-2-9-4-5-15(17)7-10(9)6-11/h2-6H,7H2,1H3/q+1. The van der Waals surface area contributed by atoms with Crippen molar-refractivity contribution in [2.75, 3.05) is 0 Å². The van der Waals surface area contributed by atoms with Crippen LogP contribution in [0, 0.1) is 11.8 Å². The predicted molar refractivity (Wildman–Crippen MR) is 60.3 cm³/mol. The number of benzene rings is 1. The summed E-state index contributed by atoms with van der Waals surface area (Å²) < 4.78 is 0.895. The third-order valence-electron chi connectivity index (χ3n) is 2.62. The molecule has 84 valence electrons. The molecule has 0 fully saturated rings. The second kappa shape index (κ2) is 3.58. The molecule has 0 atom stereocenters. The fraction of sp³-hybridized carbons (Fsp3) is 0.182. The van der Waals surface area contributed by atoms with E-state index in [1.807, 2.05) is 18.2 Å². The van der Waals surface area contributed by atoms with Crippen LogP contribution in [0.5, 0.6) is 0 Å². The summed E-state index contributed by atoms with van der Waals surface area (Å²) in [6.45, 7) is 2.14. The van der Waals surface area contributed by atoms with Gasteiger partial charge in [-0.1, -0.05) is 6.07 Å². The number of tetrazole rings is 1. The number of hydrogen-bond donors (Lipinski definition) is 0. The molecule has 2 aromatic rings. The van der Waals surface area contributed by atoms with Gasteiger partial charge in [0.1, 0.15) is 0 Å². The first-order valence-electron chi connectivity index (χ1n) is 5.24. The Balaban J connectivity index is 2.07. The number of fused-ring (bicyclic) bond motifs is 1. The van der Waals surface area contributed by atoms with Crippen molar-refractivity contribution in [1.29, 1.82) is 0 Å². The molecule has 0 spiro atoms. The van der Waals surface area contributed by atoms with Crippen molar-refractivity contribution in [3.05, 3.63) is 46.3 Å². The zero-order valence-corrected chi connectivity index (χ0v) is 9.24. The van der Waals surface area contributed by atoms with Gasteiger partial charge in [0.15, 0.2) is 5.82 Å². The van der Waals surface area contributed by atoms with Crippen LogP contribution in [-0.4, -0.2) is 25.0 Å². The highest BCUT2D eigenvalue weighted by Crippen LogP contribution is 2.20. The van der Waals surface area contributed by atoms with Crippen molar-refractivity contribution < 1.29 is 4.76 Å². The van der Waals surface area contributed by atoms with Gasteiger partial charge in [-0.2, -0.15) is 0 Å². The van der Waals surface area contributed by atoms with E-state index in [1.54, 1.807) is 13.0 Å². The van der Waals surface area contributed by atoms with E-state index in [9.17, 15) is 4.91 Å². The molecule has 17 heavy (non-hydrogen) atoms. The molecule has 0 amide bonds. The van der Waals surface area contributed by atoms with Crippen molar-refractivity contribution >= 4 is 6.08 Å². The summed E-state index contributed by atoms with van der Waals surface area (Å²) in [5.41, 5.74) is 2.83. The van der Waals surface area contributed by atoms with Gasteiger partial charge >= 0.3 is 0 Å². The van der Waals surface area contributed by atoms with Crippen molar-refractivity contribution in [1.82, 2.24) is 20.2 Å². The average Bonchev–Trinajstić information content (AvgIpc) is 2.75. The van der Waals surface area contributed by atoms with Crippen LogP contribution in [0.3, 0.4) is 0 Å². The fourth-order valence-corrected chi connectivity index (χ4v) is 1.79. The van der Waals surface area contributed by atoms with Crippen LogP contribution in [0.25, 0.3) is 11.8 Å². The van der Waals surface area contributed by atoms with Gasteiger partial charge in [0.25, 0.3) is 0 Å². The highest BCUT2D eigenvalue weighted by molar-refractivity contribution is 5.56. The van der Waals surface area contributed by atoms with Crippen LogP contribution in [-0.2, 0) is 6.54 Å². The van der Waals surface area contributed by atoms with Crippen LogP contribution >= 0.6 is 0 Å². The third kappa shape index (κ3) is 1.73. The Morgan fingerprint density at radius 2 is 2.29 bits per heavy atom. The Hall–Kier alpha value is -2.37. The minimum Gasteiger partial charge on any atom is -0.132 e. The molecule has 0 saturated carbocycles. The summed E-state index contributed by atoms with van der Waals surface area (Å²) in [7, 11) is 0. The molecule has 3 rings (SSSR count). The average molecular weight is 228 g/mol. The maximum atomic E-state index is 11.3. The molecule has 0 aliphatic carbocycles. The van der Waals surface area contributed by atoms with Gasteiger partial charge in [-0.15, -0.1) is 15.0 Å². The van der Waals surface area contributed by atoms with E-state index in [1.165, 1.54) is 11.0 Å². The van der Waals surface area contributed by atoms with Gasteiger partial charge < -0.3 is 0 Å². The molecular weight excluding hydrogens is 218 g/mol. The fourth-order valence-electron chi connectivity index (χ4n) is 1.79. The number of nitroso groups, excluding NO2 is 1. The van der Waals surface area contributed by atoms with E-state index in [2.05, 4.69) is 15.4 Å². The SMILES string of the molecule is Cc1nnn(-c2ccc3c(c2)C[N+](=O)C=C3)n1. The van der Waals surface area contributed by atoms with Gasteiger partial charge in [-0.25, -0.2) is 0 Å². The van der Waals surface area contributed by atoms with Crippen LogP contribution in [0.15, 0.2) is 24.4 Å². The van der Waals surface area contributed by atoms with Gasteiger partial charge in [-0.3, -0.25) is 0 Å². The molecule has 0 N–H and O–H groups in total. The predicted octanol–water partition coefficient (Wildman–Crippen LogP) is 1.23. The second-order valence-electron chi connectivity index (χ2n) is 3.90. The van der Waals surface area contributed by atoms with Gasteiger partial charge in [-0.05, 0) is 29.8 Å². The maximum absolute atomic E-state index is 11.3. The van der Waals surface area contributed by atoms with E-state index in [0.29, 0.717) is 12.4 Å². The Kier molecular flexibility index (Phi) is 2.07. The normalized spacial score (nSPS) is 13.8.